The molecule has 2 atom stereocenters. The molecule has 1 amide bonds. The van der Waals surface area contributed by atoms with Gasteiger partial charge < -0.3 is 19.1 Å². The van der Waals surface area contributed by atoms with Crippen LogP contribution in [0.15, 0.2) is 35.1 Å². The van der Waals surface area contributed by atoms with Crippen molar-refractivity contribution in [3.63, 3.8) is 0 Å². The Morgan fingerprint density at radius 2 is 1.97 bits per heavy atom. The van der Waals surface area contributed by atoms with E-state index in [0.29, 0.717) is 25.1 Å². The van der Waals surface area contributed by atoms with Crippen molar-refractivity contribution in [2.24, 2.45) is 13.0 Å². The van der Waals surface area contributed by atoms with Gasteiger partial charge in [-0.05, 0) is 75.6 Å². The van der Waals surface area contributed by atoms with Gasteiger partial charge in [0.25, 0.3) is 5.56 Å². The van der Waals surface area contributed by atoms with E-state index in [-0.39, 0.29) is 22.9 Å². The molecule has 2 aromatic rings. The van der Waals surface area contributed by atoms with E-state index < -0.39 is 0 Å². The quantitative estimate of drug-likeness (QED) is 0.551. The summed E-state index contributed by atoms with van der Waals surface area (Å²) in [4.78, 5) is 31.6. The minimum absolute atomic E-state index is 0.0183. The van der Waals surface area contributed by atoms with Crippen LogP contribution in [0.2, 0.25) is 0 Å². The van der Waals surface area contributed by atoms with E-state index in [9.17, 15) is 9.59 Å². The average Bonchev–Trinajstić information content (AvgIpc) is 3.37. The molecule has 0 radical (unpaired) electrons. The molecule has 3 heterocycles. The molecule has 186 valence electrons. The van der Waals surface area contributed by atoms with Crippen LogP contribution in [0, 0.1) is 5.92 Å². The Morgan fingerprint density at radius 3 is 2.68 bits per heavy atom. The number of fused-ring (bicyclic) bond motifs is 1. The van der Waals surface area contributed by atoms with Crippen molar-refractivity contribution in [3.05, 3.63) is 46.2 Å². The van der Waals surface area contributed by atoms with Crippen LogP contribution in [0.3, 0.4) is 0 Å². The van der Waals surface area contributed by atoms with Gasteiger partial charge >= 0.3 is 0 Å². The number of carbonyl (C=O) groups excluding carboxylic acids is 1. The van der Waals surface area contributed by atoms with Crippen molar-refractivity contribution >= 4 is 16.8 Å². The Balaban J connectivity index is 1.62. The molecule has 2 unspecified atom stereocenters. The molecule has 2 aliphatic heterocycles. The summed E-state index contributed by atoms with van der Waals surface area (Å²) in [6.45, 7) is 9.44. The van der Waals surface area contributed by atoms with Gasteiger partial charge in [-0.15, -0.1) is 0 Å². The second-order valence-corrected chi connectivity index (χ2v) is 10.5. The zero-order valence-corrected chi connectivity index (χ0v) is 21.2. The minimum atomic E-state index is -0.301. The fraction of sp³-hybridized carbons (Fsp3) is 0.643. The molecule has 0 spiro atoms. The Hall–Kier alpha value is -2.18. The fourth-order valence-electron chi connectivity index (χ4n) is 5.54. The first-order valence-corrected chi connectivity index (χ1v) is 13.1. The highest BCUT2D eigenvalue weighted by molar-refractivity contribution is 5.80. The van der Waals surface area contributed by atoms with E-state index in [1.165, 1.54) is 19.3 Å². The molecule has 2 fully saturated rings. The highest BCUT2D eigenvalue weighted by Crippen LogP contribution is 2.30. The van der Waals surface area contributed by atoms with E-state index in [1.54, 1.807) is 4.57 Å². The number of aryl methyl sites for hydroxylation is 1. The standard InChI is InChI=1S/C28H41N3O3/c1-4-28(2,13-16-30-14-8-5-9-15-30)31(26(32)18-22-12-17-34-21-22)20-24-19-23-10-6-7-11-25(23)29(3)27(24)33/h6-7,10-11,19,22H,4-5,8-9,12-18,20-21H2,1-3H3. The summed E-state index contributed by atoms with van der Waals surface area (Å²) in [6.07, 6.45) is 7.06. The lowest BCUT2D eigenvalue weighted by atomic mass is 9.89. The van der Waals surface area contributed by atoms with Gasteiger partial charge in [-0.2, -0.15) is 0 Å². The Morgan fingerprint density at radius 1 is 1.21 bits per heavy atom. The summed E-state index contributed by atoms with van der Waals surface area (Å²) in [6, 6.07) is 9.94. The number of hydrogen-bond donors (Lipinski definition) is 0. The average molecular weight is 468 g/mol. The third-order valence-corrected chi connectivity index (χ3v) is 8.15. The molecule has 2 saturated heterocycles. The summed E-state index contributed by atoms with van der Waals surface area (Å²) in [5.41, 5.74) is 1.29. The van der Waals surface area contributed by atoms with Crippen LogP contribution in [-0.4, -0.2) is 58.7 Å². The van der Waals surface area contributed by atoms with Gasteiger partial charge in [0.2, 0.25) is 5.91 Å². The summed E-state index contributed by atoms with van der Waals surface area (Å²) < 4.78 is 7.26. The molecule has 1 aromatic heterocycles. The van der Waals surface area contributed by atoms with Gasteiger partial charge in [-0.25, -0.2) is 0 Å². The van der Waals surface area contributed by atoms with Gasteiger partial charge in [0.15, 0.2) is 0 Å². The molecule has 6 nitrogen and oxygen atoms in total. The van der Waals surface area contributed by atoms with Crippen molar-refractivity contribution in [3.8, 4) is 0 Å². The molecule has 0 bridgehead atoms. The first-order valence-electron chi connectivity index (χ1n) is 13.1. The summed E-state index contributed by atoms with van der Waals surface area (Å²) in [5.74, 6) is 0.423. The van der Waals surface area contributed by atoms with Crippen LogP contribution >= 0.6 is 0 Å². The highest BCUT2D eigenvalue weighted by atomic mass is 16.5. The van der Waals surface area contributed by atoms with Crippen molar-refractivity contribution < 1.29 is 9.53 Å². The van der Waals surface area contributed by atoms with E-state index in [0.717, 1.165) is 56.4 Å². The minimum Gasteiger partial charge on any atom is -0.381 e. The number of piperidine rings is 1. The van der Waals surface area contributed by atoms with Gasteiger partial charge in [0, 0.05) is 44.3 Å². The number of likely N-dealkylation sites (tertiary alicyclic amines) is 1. The van der Waals surface area contributed by atoms with Crippen molar-refractivity contribution in [2.45, 2.75) is 70.9 Å². The van der Waals surface area contributed by atoms with E-state index in [2.05, 4.69) is 18.7 Å². The third kappa shape index (κ3) is 5.55. The van der Waals surface area contributed by atoms with Gasteiger partial charge in [0.1, 0.15) is 0 Å². The summed E-state index contributed by atoms with van der Waals surface area (Å²) >= 11 is 0. The first-order chi connectivity index (χ1) is 16.4. The van der Waals surface area contributed by atoms with Crippen molar-refractivity contribution in [1.29, 1.82) is 0 Å². The number of rotatable bonds is 9. The zero-order chi connectivity index (χ0) is 24.1. The van der Waals surface area contributed by atoms with E-state index in [1.807, 2.05) is 42.3 Å². The predicted octanol–water partition coefficient (Wildman–Crippen LogP) is 4.34. The number of carbonyl (C=O) groups is 1. The molecule has 4 rings (SSSR count). The number of amides is 1. The monoisotopic (exact) mass is 467 g/mol. The molecule has 2 aliphatic rings. The lowest BCUT2D eigenvalue weighted by Gasteiger charge is -2.43. The van der Waals surface area contributed by atoms with Crippen molar-refractivity contribution in [1.82, 2.24) is 14.4 Å². The number of pyridine rings is 1. The molecule has 0 saturated carbocycles. The zero-order valence-electron chi connectivity index (χ0n) is 21.2. The number of ether oxygens (including phenoxy) is 1. The summed E-state index contributed by atoms with van der Waals surface area (Å²) in [5, 5.41) is 1.03. The number of para-hydroxylation sites is 1. The number of hydrogen-bond acceptors (Lipinski definition) is 4. The lowest BCUT2D eigenvalue weighted by molar-refractivity contribution is -0.140. The topological polar surface area (TPSA) is 54.8 Å². The van der Waals surface area contributed by atoms with Crippen LogP contribution < -0.4 is 5.56 Å². The fourth-order valence-corrected chi connectivity index (χ4v) is 5.54. The smallest absolute Gasteiger partial charge is 0.255 e. The number of aromatic nitrogens is 1. The van der Waals surface area contributed by atoms with Crippen LogP contribution in [-0.2, 0) is 23.1 Å². The van der Waals surface area contributed by atoms with Gasteiger partial charge in [-0.1, -0.05) is 31.5 Å². The lowest BCUT2D eigenvalue weighted by Crippen LogP contribution is -2.52. The molecule has 0 N–H and O–H groups in total. The maximum Gasteiger partial charge on any atom is 0.255 e. The molecule has 1 aromatic carbocycles. The Labute approximate surface area is 203 Å². The highest BCUT2D eigenvalue weighted by Gasteiger charge is 2.36. The third-order valence-electron chi connectivity index (χ3n) is 8.15. The van der Waals surface area contributed by atoms with Gasteiger partial charge in [-0.3, -0.25) is 9.59 Å². The Bertz CT molecular complexity index is 1040. The molecule has 0 aliphatic carbocycles. The largest absolute Gasteiger partial charge is 0.381 e. The second-order valence-electron chi connectivity index (χ2n) is 10.5. The van der Waals surface area contributed by atoms with E-state index >= 15 is 0 Å². The number of nitrogens with zero attached hydrogens (tertiary/aromatic N) is 3. The SMILES string of the molecule is CCC(C)(CCN1CCCCC1)N(Cc1cc2ccccc2n(C)c1=O)C(=O)CC1CCOC1. The van der Waals surface area contributed by atoms with Crippen molar-refractivity contribution in [2.75, 3.05) is 32.8 Å². The van der Waals surface area contributed by atoms with Crippen LogP contribution in [0.25, 0.3) is 10.9 Å². The maximum absolute atomic E-state index is 13.8. The molecule has 6 heteroatoms. The predicted molar refractivity (Wildman–Crippen MR) is 137 cm³/mol. The normalized spacial score (nSPS) is 21.0. The van der Waals surface area contributed by atoms with Gasteiger partial charge in [0.05, 0.1) is 12.1 Å². The molecule has 34 heavy (non-hydrogen) atoms. The Kier molecular flexibility index (Phi) is 8.10. The molecular weight excluding hydrogens is 426 g/mol. The maximum atomic E-state index is 13.8. The van der Waals surface area contributed by atoms with Crippen LogP contribution in [0.1, 0.15) is 64.4 Å². The van der Waals surface area contributed by atoms with E-state index in [4.69, 9.17) is 4.74 Å². The first kappa shape index (κ1) is 24.9. The molecular formula is C28H41N3O3. The summed E-state index contributed by atoms with van der Waals surface area (Å²) in [7, 11) is 1.82. The number of benzene rings is 1. The second kappa shape index (κ2) is 11.0. The van der Waals surface area contributed by atoms with Crippen LogP contribution in [0.4, 0.5) is 0 Å². The van der Waals surface area contributed by atoms with Crippen LogP contribution in [0.5, 0.6) is 0 Å².